The summed E-state index contributed by atoms with van der Waals surface area (Å²) in [7, 11) is 1.53. The standard InChI is InChI=1S/C43H66O11/c1-24-13-16-31-27(4)35(48-40-38(31)30(24)19-20-41(6,52-40)54-46-7)22-37-39-36(49-43(50-37,51-39)29-11-9-8-10-12-29)21-34(44)28(5)33-17-14-25(2)32-18-15-26(3)47-23-42(32,33)53-45/h8-12,24-28,30-40,44-45H,13-23H2,1-7H3/t24-,25-,26?,27?,28?,30+,31+,32+,33+,34?,35?,36?,37?,38?,39?,40-,41-,42-,43?/m1/s1. The van der Waals surface area contributed by atoms with E-state index in [1.165, 1.54) is 13.5 Å². The van der Waals surface area contributed by atoms with Crippen LogP contribution in [0.5, 0.6) is 0 Å². The molecule has 2 N–H and O–H groups in total. The minimum atomic E-state index is -1.37. The van der Waals surface area contributed by atoms with Gasteiger partial charge in [0.1, 0.15) is 11.7 Å². The van der Waals surface area contributed by atoms with E-state index in [-0.39, 0.29) is 36.1 Å². The summed E-state index contributed by atoms with van der Waals surface area (Å²) in [5, 5.41) is 22.7. The van der Waals surface area contributed by atoms with Crippen molar-refractivity contribution in [3.63, 3.8) is 0 Å². The molecule has 5 heterocycles. The number of aliphatic hydroxyl groups excluding tert-OH is 1. The van der Waals surface area contributed by atoms with Crippen LogP contribution in [0.4, 0.5) is 0 Å². The Labute approximate surface area is 321 Å². The predicted molar refractivity (Wildman–Crippen MR) is 197 cm³/mol. The molecule has 5 saturated heterocycles. The summed E-state index contributed by atoms with van der Waals surface area (Å²) < 4.78 is 40.3. The molecule has 2 aliphatic carbocycles. The molecule has 19 atom stereocenters. The van der Waals surface area contributed by atoms with Gasteiger partial charge in [0.25, 0.3) is 0 Å². The molecule has 0 aromatic heterocycles. The lowest BCUT2D eigenvalue weighted by molar-refractivity contribution is -0.445. The van der Waals surface area contributed by atoms with Gasteiger partial charge >= 0.3 is 5.97 Å². The molecule has 5 aliphatic heterocycles. The van der Waals surface area contributed by atoms with E-state index in [1.807, 2.05) is 37.3 Å². The van der Waals surface area contributed by atoms with Gasteiger partial charge in [0, 0.05) is 30.7 Å². The SMILES string of the molecule is COO[C@]1(C)CC[C@@H]2C3[C@H](OC(CC4OC5(c6ccccc6)OC(CC(O)C(C)[C@@H]6CC[C@@H](C)[C@@H]7CCC(C)OC[C@]67OO)C4O5)C(C)[C@@H]3CC[C@H]2C)O1. The fourth-order valence-electron chi connectivity index (χ4n) is 12.4. The fourth-order valence-corrected chi connectivity index (χ4v) is 12.4. The van der Waals surface area contributed by atoms with E-state index in [0.29, 0.717) is 55.0 Å². The monoisotopic (exact) mass is 758 g/mol. The lowest BCUT2D eigenvalue weighted by Gasteiger charge is -2.53. The first-order chi connectivity index (χ1) is 25.9. The molecule has 54 heavy (non-hydrogen) atoms. The maximum Gasteiger partial charge on any atom is 0.313 e. The first kappa shape index (κ1) is 39.6. The number of rotatable bonds is 10. The van der Waals surface area contributed by atoms with Gasteiger partial charge in [-0.2, -0.15) is 0 Å². The van der Waals surface area contributed by atoms with Crippen LogP contribution in [-0.4, -0.2) is 78.4 Å². The molecular formula is C43H66O11. The zero-order valence-electron chi connectivity index (χ0n) is 33.5. The smallest absolute Gasteiger partial charge is 0.313 e. The van der Waals surface area contributed by atoms with Crippen molar-refractivity contribution in [3.8, 4) is 0 Å². The van der Waals surface area contributed by atoms with E-state index < -0.39 is 42.0 Å². The van der Waals surface area contributed by atoms with Crippen LogP contribution < -0.4 is 0 Å². The summed E-state index contributed by atoms with van der Waals surface area (Å²) >= 11 is 0. The molecule has 8 rings (SSSR count). The van der Waals surface area contributed by atoms with E-state index >= 15 is 0 Å². The minimum Gasteiger partial charge on any atom is -0.393 e. The van der Waals surface area contributed by atoms with Gasteiger partial charge in [-0.05, 0) is 99.7 Å². The number of hydrogen-bond donors (Lipinski definition) is 2. The Balaban J connectivity index is 1.03. The summed E-state index contributed by atoms with van der Waals surface area (Å²) in [6.07, 6.45) is 6.44. The summed E-state index contributed by atoms with van der Waals surface area (Å²) in [4.78, 5) is 16.4. The number of fused-ring (bicyclic) bond motifs is 3. The third kappa shape index (κ3) is 6.93. The van der Waals surface area contributed by atoms with Gasteiger partial charge in [0.05, 0.1) is 44.2 Å². The Bertz CT molecular complexity index is 1420. The van der Waals surface area contributed by atoms with Gasteiger partial charge < -0.3 is 33.5 Å². The molecule has 1 aromatic rings. The fraction of sp³-hybridized carbons (Fsp3) is 0.860. The number of ether oxygens (including phenoxy) is 6. The van der Waals surface area contributed by atoms with E-state index in [2.05, 4.69) is 34.6 Å². The normalized spacial score (nSPS) is 50.0. The molecule has 0 amide bonds. The summed E-state index contributed by atoms with van der Waals surface area (Å²) in [6.45, 7) is 13.4. The van der Waals surface area contributed by atoms with Gasteiger partial charge in [-0.25, -0.2) is 14.7 Å². The highest BCUT2D eigenvalue weighted by atomic mass is 17.2. The Hall–Kier alpha value is -1.22. The third-order valence-corrected chi connectivity index (χ3v) is 15.6. The van der Waals surface area contributed by atoms with Gasteiger partial charge in [-0.1, -0.05) is 64.4 Å². The van der Waals surface area contributed by atoms with E-state index in [1.54, 1.807) is 0 Å². The Morgan fingerprint density at radius 3 is 2.37 bits per heavy atom. The van der Waals surface area contributed by atoms with Gasteiger partial charge in [0.2, 0.25) is 5.79 Å². The largest absolute Gasteiger partial charge is 0.393 e. The highest BCUT2D eigenvalue weighted by Gasteiger charge is 2.64. The van der Waals surface area contributed by atoms with E-state index in [0.717, 1.165) is 50.5 Å². The minimum absolute atomic E-state index is 0.0857. The maximum absolute atomic E-state index is 12.1. The molecule has 0 spiro atoms. The van der Waals surface area contributed by atoms with Crippen LogP contribution in [0.2, 0.25) is 0 Å². The maximum atomic E-state index is 12.1. The lowest BCUT2D eigenvalue weighted by atomic mass is 9.59. The molecule has 0 radical (unpaired) electrons. The molecule has 10 unspecified atom stereocenters. The van der Waals surface area contributed by atoms with Crippen LogP contribution in [-0.2, 0) is 49.1 Å². The van der Waals surface area contributed by atoms with Crippen LogP contribution in [0.25, 0.3) is 0 Å². The van der Waals surface area contributed by atoms with Crippen LogP contribution in [0.1, 0.15) is 111 Å². The van der Waals surface area contributed by atoms with Crippen LogP contribution in [0, 0.1) is 53.3 Å². The Kier molecular flexibility index (Phi) is 11.4. The second-order valence-corrected chi connectivity index (χ2v) is 18.6. The summed E-state index contributed by atoms with van der Waals surface area (Å²) in [5.41, 5.74) is -0.0660. The van der Waals surface area contributed by atoms with Crippen molar-refractivity contribution >= 4 is 0 Å². The van der Waals surface area contributed by atoms with Crippen molar-refractivity contribution in [1.29, 1.82) is 0 Å². The van der Waals surface area contributed by atoms with Crippen molar-refractivity contribution < 1.29 is 53.4 Å². The third-order valence-electron chi connectivity index (χ3n) is 15.6. The molecule has 2 bridgehead atoms. The van der Waals surface area contributed by atoms with Gasteiger partial charge in [-0.15, -0.1) is 0 Å². The number of aliphatic hydroxyl groups is 1. The lowest BCUT2D eigenvalue weighted by Crippen LogP contribution is -2.58. The Morgan fingerprint density at radius 2 is 1.61 bits per heavy atom. The van der Waals surface area contributed by atoms with E-state index in [9.17, 15) is 10.4 Å². The number of hydrogen-bond acceptors (Lipinski definition) is 11. The highest BCUT2D eigenvalue weighted by molar-refractivity contribution is 5.21. The Morgan fingerprint density at radius 1 is 0.852 bits per heavy atom. The zero-order valence-corrected chi connectivity index (χ0v) is 33.5. The topological polar surface area (TPSA) is 124 Å². The second-order valence-electron chi connectivity index (χ2n) is 18.6. The zero-order chi connectivity index (χ0) is 38.0. The molecule has 304 valence electrons. The molecular weight excluding hydrogens is 692 g/mol. The predicted octanol–water partition coefficient (Wildman–Crippen LogP) is 7.59. The molecule has 2 saturated carbocycles. The van der Waals surface area contributed by atoms with Crippen molar-refractivity contribution in [2.75, 3.05) is 13.7 Å². The first-order valence-corrected chi connectivity index (χ1v) is 21.2. The van der Waals surface area contributed by atoms with Gasteiger partial charge in [0.15, 0.2) is 6.29 Å². The quantitative estimate of drug-likeness (QED) is 0.181. The van der Waals surface area contributed by atoms with Crippen LogP contribution in [0.15, 0.2) is 30.3 Å². The molecule has 11 nitrogen and oxygen atoms in total. The summed E-state index contributed by atoms with van der Waals surface area (Å²) in [6, 6.07) is 9.85. The molecule has 1 aromatic carbocycles. The van der Waals surface area contributed by atoms with Gasteiger partial charge in [-0.3, -0.25) is 5.26 Å². The number of benzene rings is 1. The average molecular weight is 759 g/mol. The highest BCUT2D eigenvalue weighted by Crippen LogP contribution is 2.57. The summed E-state index contributed by atoms with van der Waals surface area (Å²) in [5.74, 6) is 0.137. The van der Waals surface area contributed by atoms with Crippen LogP contribution in [0.3, 0.4) is 0 Å². The van der Waals surface area contributed by atoms with Crippen molar-refractivity contribution in [3.05, 3.63) is 35.9 Å². The van der Waals surface area contributed by atoms with Crippen molar-refractivity contribution in [2.24, 2.45) is 53.3 Å². The van der Waals surface area contributed by atoms with Crippen molar-refractivity contribution in [1.82, 2.24) is 0 Å². The average Bonchev–Trinajstić information content (AvgIpc) is 3.59. The molecule has 11 heteroatoms. The van der Waals surface area contributed by atoms with Crippen molar-refractivity contribution in [2.45, 2.75) is 166 Å². The van der Waals surface area contributed by atoms with Crippen LogP contribution >= 0.6 is 0 Å². The molecule has 7 fully saturated rings. The second kappa shape index (κ2) is 15.5. The molecule has 7 aliphatic rings. The first-order valence-electron chi connectivity index (χ1n) is 21.2. The van der Waals surface area contributed by atoms with E-state index in [4.69, 9.17) is 43.1 Å².